The average Bonchev–Trinajstić information content (AvgIpc) is 3.19. The van der Waals surface area contributed by atoms with Crippen LogP contribution < -0.4 is 10.1 Å². The lowest BCUT2D eigenvalue weighted by atomic mass is 9.80. The molecule has 2 aromatic carbocycles. The van der Waals surface area contributed by atoms with E-state index in [2.05, 4.69) is 59.0 Å². The molecule has 1 heterocycles. The Morgan fingerprint density at radius 1 is 0.964 bits per heavy atom. The van der Waals surface area contributed by atoms with E-state index < -0.39 is 0 Å². The van der Waals surface area contributed by atoms with Crippen LogP contribution in [0.1, 0.15) is 49.1 Å². The van der Waals surface area contributed by atoms with Crippen LogP contribution in [0.15, 0.2) is 42.5 Å². The average molecular weight is 377 g/mol. The van der Waals surface area contributed by atoms with Crippen molar-refractivity contribution in [2.45, 2.75) is 51.5 Å². The van der Waals surface area contributed by atoms with Crippen LogP contribution in [0.4, 0.5) is 5.69 Å². The summed E-state index contributed by atoms with van der Waals surface area (Å²) >= 11 is 0. The summed E-state index contributed by atoms with van der Waals surface area (Å²) in [5.74, 6) is 1.70. The SMILES string of the molecule is COc1ccccc1NC1(c2nnnn2-c2c(C)cccc2C)CCCCC1. The van der Waals surface area contributed by atoms with Crippen LogP contribution in [-0.4, -0.2) is 27.3 Å². The number of hydrogen-bond donors (Lipinski definition) is 1. The first-order valence-corrected chi connectivity index (χ1v) is 9.91. The number of methoxy groups -OCH3 is 1. The summed E-state index contributed by atoms with van der Waals surface area (Å²) in [6, 6.07) is 14.3. The van der Waals surface area contributed by atoms with Gasteiger partial charge in [-0.1, -0.05) is 49.6 Å². The molecule has 1 saturated carbocycles. The molecule has 1 fully saturated rings. The van der Waals surface area contributed by atoms with Crippen LogP contribution >= 0.6 is 0 Å². The van der Waals surface area contributed by atoms with Gasteiger partial charge in [0.1, 0.15) is 5.75 Å². The normalized spacial score (nSPS) is 16.0. The van der Waals surface area contributed by atoms with E-state index in [0.29, 0.717) is 0 Å². The number of hydrogen-bond acceptors (Lipinski definition) is 5. The zero-order valence-electron chi connectivity index (χ0n) is 16.8. The topological polar surface area (TPSA) is 64.9 Å². The standard InChI is InChI=1S/C22H27N5O/c1-16-10-9-11-17(2)20(16)27-21(24-25-26-27)22(14-7-4-8-15-22)23-18-12-5-6-13-19(18)28-3/h5-6,9-13,23H,4,7-8,14-15H2,1-3H3. The largest absolute Gasteiger partial charge is 0.495 e. The first-order valence-electron chi connectivity index (χ1n) is 9.91. The number of tetrazole rings is 1. The third-order valence-corrected chi connectivity index (χ3v) is 5.74. The van der Waals surface area contributed by atoms with Gasteiger partial charge in [0.05, 0.1) is 24.0 Å². The van der Waals surface area contributed by atoms with Gasteiger partial charge in [-0.15, -0.1) is 5.10 Å². The minimum Gasteiger partial charge on any atom is -0.495 e. The lowest BCUT2D eigenvalue weighted by Crippen LogP contribution is -2.40. The van der Waals surface area contributed by atoms with E-state index in [1.807, 2.05) is 22.9 Å². The molecule has 0 unspecified atom stereocenters. The highest BCUT2D eigenvalue weighted by Crippen LogP contribution is 2.41. The van der Waals surface area contributed by atoms with E-state index in [1.54, 1.807) is 7.11 Å². The molecular weight excluding hydrogens is 350 g/mol. The number of aromatic nitrogens is 4. The molecule has 0 atom stereocenters. The van der Waals surface area contributed by atoms with Crippen molar-refractivity contribution in [1.29, 1.82) is 0 Å². The number of anilines is 1. The Kier molecular flexibility index (Phi) is 5.03. The highest BCUT2D eigenvalue weighted by molar-refractivity contribution is 5.58. The molecule has 1 N–H and O–H groups in total. The molecule has 28 heavy (non-hydrogen) atoms. The van der Waals surface area contributed by atoms with Crippen molar-refractivity contribution < 1.29 is 4.74 Å². The maximum Gasteiger partial charge on any atom is 0.181 e. The van der Waals surface area contributed by atoms with Crippen molar-refractivity contribution in [3.05, 3.63) is 59.4 Å². The van der Waals surface area contributed by atoms with Crippen molar-refractivity contribution >= 4 is 5.69 Å². The number of nitrogens with one attached hydrogen (secondary N) is 1. The van der Waals surface area contributed by atoms with Gasteiger partial charge in [-0.05, 0) is 60.4 Å². The highest BCUT2D eigenvalue weighted by atomic mass is 16.5. The number of para-hydroxylation sites is 3. The molecule has 0 saturated heterocycles. The van der Waals surface area contributed by atoms with Crippen LogP contribution in [0.5, 0.6) is 5.75 Å². The third kappa shape index (κ3) is 3.23. The zero-order chi connectivity index (χ0) is 19.6. The summed E-state index contributed by atoms with van der Waals surface area (Å²) in [5.41, 5.74) is 4.04. The highest BCUT2D eigenvalue weighted by Gasteiger charge is 2.40. The van der Waals surface area contributed by atoms with Gasteiger partial charge in [0.2, 0.25) is 0 Å². The number of nitrogens with zero attached hydrogens (tertiary/aromatic N) is 4. The van der Waals surface area contributed by atoms with E-state index in [4.69, 9.17) is 4.74 Å². The molecule has 6 nitrogen and oxygen atoms in total. The maximum absolute atomic E-state index is 5.58. The van der Waals surface area contributed by atoms with Crippen molar-refractivity contribution in [2.75, 3.05) is 12.4 Å². The van der Waals surface area contributed by atoms with E-state index >= 15 is 0 Å². The lowest BCUT2D eigenvalue weighted by molar-refractivity contribution is 0.307. The summed E-state index contributed by atoms with van der Waals surface area (Å²) in [4.78, 5) is 0. The van der Waals surface area contributed by atoms with Crippen LogP contribution in [-0.2, 0) is 5.54 Å². The predicted octanol–water partition coefficient (Wildman–Crippen LogP) is 4.56. The smallest absolute Gasteiger partial charge is 0.181 e. The molecule has 0 aliphatic heterocycles. The molecule has 1 aliphatic rings. The zero-order valence-corrected chi connectivity index (χ0v) is 16.8. The fraction of sp³-hybridized carbons (Fsp3) is 0.409. The van der Waals surface area contributed by atoms with Gasteiger partial charge in [0.15, 0.2) is 5.82 Å². The molecule has 4 rings (SSSR count). The van der Waals surface area contributed by atoms with E-state index in [1.165, 1.54) is 6.42 Å². The van der Waals surface area contributed by atoms with E-state index in [0.717, 1.165) is 59.8 Å². The number of rotatable bonds is 5. The fourth-order valence-corrected chi connectivity index (χ4v) is 4.34. The molecule has 3 aromatic rings. The molecule has 146 valence electrons. The summed E-state index contributed by atoms with van der Waals surface area (Å²) in [5, 5.41) is 16.8. The molecule has 0 amide bonds. The molecular formula is C22H27N5O. The Morgan fingerprint density at radius 2 is 1.68 bits per heavy atom. The molecule has 0 spiro atoms. The number of aryl methyl sites for hydroxylation is 2. The number of benzene rings is 2. The van der Waals surface area contributed by atoms with Crippen molar-refractivity contribution in [3.63, 3.8) is 0 Å². The monoisotopic (exact) mass is 377 g/mol. The molecule has 0 bridgehead atoms. The Balaban J connectivity index is 1.83. The van der Waals surface area contributed by atoms with Gasteiger partial charge in [-0.3, -0.25) is 0 Å². The van der Waals surface area contributed by atoms with Crippen LogP contribution in [0.25, 0.3) is 5.69 Å². The van der Waals surface area contributed by atoms with Gasteiger partial charge < -0.3 is 10.1 Å². The second kappa shape index (κ2) is 7.62. The summed E-state index contributed by atoms with van der Waals surface area (Å²) in [7, 11) is 1.70. The minimum absolute atomic E-state index is 0.328. The first kappa shape index (κ1) is 18.5. The second-order valence-electron chi connectivity index (χ2n) is 7.62. The van der Waals surface area contributed by atoms with Gasteiger partial charge in [0, 0.05) is 0 Å². The van der Waals surface area contributed by atoms with E-state index in [9.17, 15) is 0 Å². The van der Waals surface area contributed by atoms with Gasteiger partial charge in [0.25, 0.3) is 0 Å². The Bertz CT molecular complexity index is 939. The van der Waals surface area contributed by atoms with Gasteiger partial charge in [-0.25, -0.2) is 0 Å². The summed E-state index contributed by atoms with van der Waals surface area (Å²) in [6.45, 7) is 4.21. The Labute approximate surface area is 165 Å². The quantitative estimate of drug-likeness (QED) is 0.706. The molecule has 0 radical (unpaired) electrons. The summed E-state index contributed by atoms with van der Waals surface area (Å²) < 4.78 is 7.51. The van der Waals surface area contributed by atoms with Gasteiger partial charge in [-0.2, -0.15) is 4.68 Å². The van der Waals surface area contributed by atoms with Gasteiger partial charge >= 0.3 is 0 Å². The molecule has 6 heteroatoms. The Morgan fingerprint density at radius 3 is 2.39 bits per heavy atom. The minimum atomic E-state index is -0.328. The lowest BCUT2D eigenvalue weighted by Gasteiger charge is -2.38. The van der Waals surface area contributed by atoms with Crippen LogP contribution in [0.3, 0.4) is 0 Å². The molecule has 1 aliphatic carbocycles. The van der Waals surface area contributed by atoms with Crippen LogP contribution in [0, 0.1) is 13.8 Å². The summed E-state index contributed by atoms with van der Waals surface area (Å²) in [6.07, 6.45) is 5.48. The fourth-order valence-electron chi connectivity index (χ4n) is 4.34. The Hall–Kier alpha value is -2.89. The second-order valence-corrected chi connectivity index (χ2v) is 7.62. The predicted molar refractivity (Wildman–Crippen MR) is 110 cm³/mol. The third-order valence-electron chi connectivity index (χ3n) is 5.74. The van der Waals surface area contributed by atoms with Crippen molar-refractivity contribution in [1.82, 2.24) is 20.2 Å². The van der Waals surface area contributed by atoms with Crippen molar-refractivity contribution in [3.8, 4) is 11.4 Å². The van der Waals surface area contributed by atoms with E-state index in [-0.39, 0.29) is 5.54 Å². The maximum atomic E-state index is 5.58. The van der Waals surface area contributed by atoms with Crippen LogP contribution in [0.2, 0.25) is 0 Å². The van der Waals surface area contributed by atoms with Crippen molar-refractivity contribution in [2.24, 2.45) is 0 Å². The number of ether oxygens (including phenoxy) is 1. The first-order chi connectivity index (χ1) is 13.6. The molecule has 1 aromatic heterocycles.